The molecule has 0 aliphatic carbocycles. The summed E-state index contributed by atoms with van der Waals surface area (Å²) >= 11 is 9.21. The van der Waals surface area contributed by atoms with Crippen LogP contribution in [-0.2, 0) is 6.42 Å². The highest BCUT2D eigenvalue weighted by Crippen LogP contribution is 2.28. The molecule has 72 valence electrons. The number of hydrogen-bond acceptors (Lipinski definition) is 2. The maximum atomic E-state index is 5.86. The van der Waals surface area contributed by atoms with Crippen LogP contribution in [0.4, 0.5) is 5.69 Å². The van der Waals surface area contributed by atoms with Gasteiger partial charge in [-0.2, -0.15) is 0 Å². The Bertz CT molecular complexity index is 313. The number of halogens is 2. The smallest absolute Gasteiger partial charge is 0.0568 e. The molecule has 4 N–H and O–H groups in total. The van der Waals surface area contributed by atoms with E-state index in [0.29, 0.717) is 10.7 Å². The molecule has 0 aromatic heterocycles. The van der Waals surface area contributed by atoms with Gasteiger partial charge in [0.2, 0.25) is 0 Å². The van der Waals surface area contributed by atoms with E-state index in [-0.39, 0.29) is 6.04 Å². The lowest BCUT2D eigenvalue weighted by atomic mass is 10.1. The number of hydrogen-bond donors (Lipinski definition) is 2. The molecule has 0 heterocycles. The van der Waals surface area contributed by atoms with Crippen molar-refractivity contribution in [1.82, 2.24) is 0 Å². The van der Waals surface area contributed by atoms with E-state index in [1.807, 2.05) is 13.0 Å². The van der Waals surface area contributed by atoms with E-state index in [1.165, 1.54) is 0 Å². The number of anilines is 1. The van der Waals surface area contributed by atoms with Crippen molar-refractivity contribution in [3.05, 3.63) is 27.2 Å². The van der Waals surface area contributed by atoms with Crippen LogP contribution in [0.15, 0.2) is 16.6 Å². The summed E-state index contributed by atoms with van der Waals surface area (Å²) in [5.41, 5.74) is 13.2. The van der Waals surface area contributed by atoms with Gasteiger partial charge in [0.25, 0.3) is 0 Å². The van der Waals surface area contributed by atoms with Gasteiger partial charge < -0.3 is 11.5 Å². The first-order valence-corrected chi connectivity index (χ1v) is 5.16. The molecule has 0 amide bonds. The van der Waals surface area contributed by atoms with E-state index in [4.69, 9.17) is 23.1 Å². The van der Waals surface area contributed by atoms with Gasteiger partial charge in [0.1, 0.15) is 0 Å². The Morgan fingerprint density at radius 3 is 2.69 bits per heavy atom. The van der Waals surface area contributed by atoms with Crippen molar-refractivity contribution in [3.8, 4) is 0 Å². The van der Waals surface area contributed by atoms with Gasteiger partial charge in [-0.25, -0.2) is 0 Å². The van der Waals surface area contributed by atoms with Gasteiger partial charge in [-0.1, -0.05) is 11.6 Å². The molecule has 0 saturated heterocycles. The van der Waals surface area contributed by atoms with Crippen LogP contribution in [0.1, 0.15) is 12.5 Å². The Morgan fingerprint density at radius 1 is 1.54 bits per heavy atom. The van der Waals surface area contributed by atoms with E-state index >= 15 is 0 Å². The average Bonchev–Trinajstić information content (AvgIpc) is 1.99. The summed E-state index contributed by atoms with van der Waals surface area (Å²) in [6.45, 7) is 1.95. The van der Waals surface area contributed by atoms with Gasteiger partial charge in [0, 0.05) is 16.2 Å². The highest BCUT2D eigenvalue weighted by atomic mass is 79.9. The largest absolute Gasteiger partial charge is 0.398 e. The maximum Gasteiger partial charge on any atom is 0.0568 e. The summed E-state index contributed by atoms with van der Waals surface area (Å²) in [4.78, 5) is 0. The quantitative estimate of drug-likeness (QED) is 0.806. The molecule has 1 aromatic rings. The fourth-order valence-electron chi connectivity index (χ4n) is 1.13. The fourth-order valence-corrected chi connectivity index (χ4v) is 1.69. The average molecular weight is 264 g/mol. The molecule has 0 radical (unpaired) electrons. The molecule has 4 heteroatoms. The first kappa shape index (κ1) is 10.8. The van der Waals surface area contributed by atoms with Crippen molar-refractivity contribution in [2.45, 2.75) is 19.4 Å². The molecular formula is C9H12BrClN2. The number of nitrogen functional groups attached to an aromatic ring is 1. The van der Waals surface area contributed by atoms with Crippen LogP contribution in [0.2, 0.25) is 5.02 Å². The summed E-state index contributed by atoms with van der Waals surface area (Å²) in [6, 6.07) is 3.76. The standard InChI is InChI=1S/C9H12BrClN2/c1-5(12)2-6-3-7(10)8(11)4-9(6)13/h3-5H,2,12-13H2,1H3. The van der Waals surface area contributed by atoms with Crippen molar-refractivity contribution in [2.24, 2.45) is 5.73 Å². The minimum Gasteiger partial charge on any atom is -0.398 e. The molecule has 0 fully saturated rings. The predicted octanol–water partition coefficient (Wildman–Crippen LogP) is 2.57. The van der Waals surface area contributed by atoms with Crippen LogP contribution in [0.3, 0.4) is 0 Å². The molecule has 0 aliphatic rings. The Morgan fingerprint density at radius 2 is 2.15 bits per heavy atom. The first-order chi connectivity index (χ1) is 6.00. The molecule has 0 saturated carbocycles. The lowest BCUT2D eigenvalue weighted by Crippen LogP contribution is -2.18. The molecule has 1 unspecified atom stereocenters. The molecule has 1 atom stereocenters. The van der Waals surface area contributed by atoms with Gasteiger partial charge >= 0.3 is 0 Å². The summed E-state index contributed by atoms with van der Waals surface area (Å²) in [7, 11) is 0. The second kappa shape index (κ2) is 4.31. The van der Waals surface area contributed by atoms with Gasteiger partial charge in [-0.15, -0.1) is 0 Å². The monoisotopic (exact) mass is 262 g/mol. The second-order valence-corrected chi connectivity index (χ2v) is 4.41. The zero-order chi connectivity index (χ0) is 10.0. The van der Waals surface area contributed by atoms with Gasteiger partial charge in [0.15, 0.2) is 0 Å². The van der Waals surface area contributed by atoms with E-state index in [2.05, 4.69) is 15.9 Å². The minimum atomic E-state index is 0.107. The number of benzene rings is 1. The lowest BCUT2D eigenvalue weighted by molar-refractivity contribution is 0.739. The predicted molar refractivity (Wildman–Crippen MR) is 60.9 cm³/mol. The van der Waals surface area contributed by atoms with Crippen molar-refractivity contribution >= 4 is 33.2 Å². The van der Waals surface area contributed by atoms with Gasteiger partial charge in [0.05, 0.1) is 5.02 Å². The zero-order valence-electron chi connectivity index (χ0n) is 7.35. The van der Waals surface area contributed by atoms with E-state index in [9.17, 15) is 0 Å². The van der Waals surface area contributed by atoms with Gasteiger partial charge in [-0.05, 0) is 47.0 Å². The van der Waals surface area contributed by atoms with Crippen LogP contribution in [0, 0.1) is 0 Å². The van der Waals surface area contributed by atoms with Gasteiger partial charge in [-0.3, -0.25) is 0 Å². The molecular weight excluding hydrogens is 251 g/mol. The Balaban J connectivity index is 3.01. The van der Waals surface area contributed by atoms with E-state index < -0.39 is 0 Å². The molecule has 0 aliphatic heterocycles. The van der Waals surface area contributed by atoms with Crippen LogP contribution in [0.25, 0.3) is 0 Å². The number of rotatable bonds is 2. The van der Waals surface area contributed by atoms with Crippen LogP contribution >= 0.6 is 27.5 Å². The summed E-state index contributed by atoms with van der Waals surface area (Å²) in [6.07, 6.45) is 0.765. The fraction of sp³-hybridized carbons (Fsp3) is 0.333. The number of nitrogens with two attached hydrogens (primary N) is 2. The van der Waals surface area contributed by atoms with Crippen molar-refractivity contribution in [1.29, 1.82) is 0 Å². The normalized spacial score (nSPS) is 12.9. The Hall–Kier alpha value is -0.250. The SMILES string of the molecule is CC(N)Cc1cc(Br)c(Cl)cc1N. The molecule has 0 spiro atoms. The topological polar surface area (TPSA) is 52.0 Å². The highest BCUT2D eigenvalue weighted by molar-refractivity contribution is 9.10. The minimum absolute atomic E-state index is 0.107. The third-order valence-electron chi connectivity index (χ3n) is 1.72. The highest BCUT2D eigenvalue weighted by Gasteiger charge is 2.06. The Labute approximate surface area is 91.4 Å². The van der Waals surface area contributed by atoms with E-state index in [1.54, 1.807) is 6.07 Å². The zero-order valence-corrected chi connectivity index (χ0v) is 9.69. The first-order valence-electron chi connectivity index (χ1n) is 3.99. The lowest BCUT2D eigenvalue weighted by Gasteiger charge is -2.09. The molecule has 1 rings (SSSR count). The molecule has 13 heavy (non-hydrogen) atoms. The van der Waals surface area contributed by atoms with Crippen molar-refractivity contribution < 1.29 is 0 Å². The van der Waals surface area contributed by atoms with Crippen LogP contribution in [-0.4, -0.2) is 6.04 Å². The summed E-state index contributed by atoms with van der Waals surface area (Å²) in [5, 5.41) is 0.630. The van der Waals surface area contributed by atoms with Crippen molar-refractivity contribution in [2.75, 3.05) is 5.73 Å². The molecule has 0 bridgehead atoms. The van der Waals surface area contributed by atoms with Crippen molar-refractivity contribution in [3.63, 3.8) is 0 Å². The second-order valence-electron chi connectivity index (χ2n) is 3.15. The molecule has 1 aromatic carbocycles. The van der Waals surface area contributed by atoms with E-state index in [0.717, 1.165) is 16.5 Å². The third-order valence-corrected chi connectivity index (χ3v) is 2.92. The van der Waals surface area contributed by atoms with Crippen LogP contribution in [0.5, 0.6) is 0 Å². The maximum absolute atomic E-state index is 5.86. The molecule has 2 nitrogen and oxygen atoms in total. The third kappa shape index (κ3) is 2.86. The Kier molecular flexibility index (Phi) is 3.59. The summed E-state index contributed by atoms with van der Waals surface area (Å²) < 4.78 is 0.860. The van der Waals surface area contributed by atoms with Crippen LogP contribution < -0.4 is 11.5 Å². The summed E-state index contributed by atoms with van der Waals surface area (Å²) in [5.74, 6) is 0.